The van der Waals surface area contributed by atoms with Crippen molar-refractivity contribution >= 4 is 23.1 Å². The molecule has 0 aliphatic carbocycles. The summed E-state index contributed by atoms with van der Waals surface area (Å²) in [7, 11) is 1.66. The number of methoxy groups -OCH3 is 1. The van der Waals surface area contributed by atoms with Gasteiger partial charge in [-0.3, -0.25) is 4.68 Å². The maximum absolute atomic E-state index is 5.20. The lowest BCUT2D eigenvalue weighted by atomic mass is 10.2. The number of aryl methyl sites for hydroxylation is 1. The van der Waals surface area contributed by atoms with Gasteiger partial charge < -0.3 is 15.4 Å². The smallest absolute Gasteiger partial charge is 0.172 e. The van der Waals surface area contributed by atoms with Crippen LogP contribution in [0.25, 0.3) is 0 Å². The van der Waals surface area contributed by atoms with Gasteiger partial charge in [-0.2, -0.15) is 5.10 Å². The number of thiocarbonyl (C=S) groups is 1. The van der Waals surface area contributed by atoms with E-state index in [0.717, 1.165) is 18.1 Å². The molecule has 0 bridgehead atoms. The van der Waals surface area contributed by atoms with E-state index in [-0.39, 0.29) is 0 Å². The van der Waals surface area contributed by atoms with Crippen LogP contribution in [-0.2, 0) is 11.3 Å². The number of benzene rings is 1. The van der Waals surface area contributed by atoms with Crippen molar-refractivity contribution in [2.24, 2.45) is 0 Å². The van der Waals surface area contributed by atoms with E-state index < -0.39 is 0 Å². The lowest BCUT2D eigenvalue weighted by Gasteiger charge is -2.07. The van der Waals surface area contributed by atoms with Gasteiger partial charge in [0.25, 0.3) is 0 Å². The van der Waals surface area contributed by atoms with Gasteiger partial charge in [0, 0.05) is 25.4 Å². The van der Waals surface area contributed by atoms with E-state index in [1.807, 2.05) is 35.9 Å². The molecule has 0 amide bonds. The first kappa shape index (κ1) is 15.5. The lowest BCUT2D eigenvalue weighted by Crippen LogP contribution is -2.31. The average molecular weight is 304 g/mol. The Hall–Kier alpha value is -1.92. The van der Waals surface area contributed by atoms with Gasteiger partial charge in [0.1, 0.15) is 0 Å². The molecular formula is C15H20N4OS. The maximum atomic E-state index is 5.20. The fraction of sp³-hybridized carbons (Fsp3) is 0.333. The molecular weight excluding hydrogens is 284 g/mol. The minimum absolute atomic E-state index is 0.552. The van der Waals surface area contributed by atoms with E-state index in [9.17, 15) is 0 Å². The van der Waals surface area contributed by atoms with Crippen molar-refractivity contribution in [3.8, 4) is 0 Å². The van der Waals surface area contributed by atoms with Crippen molar-refractivity contribution in [2.45, 2.75) is 13.5 Å². The summed E-state index contributed by atoms with van der Waals surface area (Å²) in [5.41, 5.74) is 2.30. The zero-order chi connectivity index (χ0) is 15.1. The summed E-state index contributed by atoms with van der Waals surface area (Å²) >= 11 is 5.20. The Labute approximate surface area is 130 Å². The van der Waals surface area contributed by atoms with Gasteiger partial charge in [0.2, 0.25) is 0 Å². The van der Waals surface area contributed by atoms with Gasteiger partial charge in [-0.1, -0.05) is 30.3 Å². The molecule has 1 heterocycles. The van der Waals surface area contributed by atoms with Crippen LogP contribution in [0.5, 0.6) is 0 Å². The molecule has 5 nitrogen and oxygen atoms in total. The van der Waals surface area contributed by atoms with E-state index >= 15 is 0 Å². The quantitative estimate of drug-likeness (QED) is 0.633. The molecule has 1 aromatic carbocycles. The summed E-state index contributed by atoms with van der Waals surface area (Å²) < 4.78 is 6.92. The van der Waals surface area contributed by atoms with Crippen molar-refractivity contribution in [1.29, 1.82) is 0 Å². The van der Waals surface area contributed by atoms with Crippen molar-refractivity contribution in [3.63, 3.8) is 0 Å². The highest BCUT2D eigenvalue weighted by Crippen LogP contribution is 2.11. The number of anilines is 1. The Morgan fingerprint density at radius 3 is 2.81 bits per heavy atom. The maximum Gasteiger partial charge on any atom is 0.172 e. The molecule has 0 atom stereocenters. The summed E-state index contributed by atoms with van der Waals surface area (Å²) in [6, 6.07) is 12.2. The molecule has 112 valence electrons. The zero-order valence-corrected chi connectivity index (χ0v) is 13.1. The van der Waals surface area contributed by atoms with Crippen LogP contribution in [0.1, 0.15) is 11.3 Å². The van der Waals surface area contributed by atoms with Crippen LogP contribution in [-0.4, -0.2) is 35.2 Å². The number of hydrogen-bond acceptors (Lipinski definition) is 3. The Bertz CT molecular complexity index is 583. The first-order valence-electron chi connectivity index (χ1n) is 6.81. The third-order valence-corrected chi connectivity index (χ3v) is 3.24. The van der Waals surface area contributed by atoms with Crippen molar-refractivity contribution in [3.05, 3.63) is 47.7 Å². The first-order valence-corrected chi connectivity index (χ1v) is 7.22. The molecule has 0 unspecified atom stereocenters. The van der Waals surface area contributed by atoms with Crippen molar-refractivity contribution in [1.82, 2.24) is 15.1 Å². The van der Waals surface area contributed by atoms with Crippen LogP contribution in [0.15, 0.2) is 36.4 Å². The lowest BCUT2D eigenvalue weighted by molar-refractivity contribution is 0.204. The fourth-order valence-electron chi connectivity index (χ4n) is 1.91. The predicted octanol–water partition coefficient (Wildman–Crippen LogP) is 2.17. The summed E-state index contributed by atoms with van der Waals surface area (Å²) in [4.78, 5) is 0. The molecule has 0 aliphatic rings. The second-order valence-electron chi connectivity index (χ2n) is 4.69. The summed E-state index contributed by atoms with van der Waals surface area (Å²) in [5.74, 6) is 0.748. The Kier molecular flexibility index (Phi) is 5.71. The molecule has 0 spiro atoms. The highest BCUT2D eigenvalue weighted by molar-refractivity contribution is 7.80. The van der Waals surface area contributed by atoms with Crippen LogP contribution in [0.2, 0.25) is 0 Å². The molecule has 6 heteroatoms. The van der Waals surface area contributed by atoms with Crippen LogP contribution in [0.4, 0.5) is 5.82 Å². The van der Waals surface area contributed by atoms with Crippen molar-refractivity contribution in [2.75, 3.05) is 25.6 Å². The highest BCUT2D eigenvalue weighted by Gasteiger charge is 2.06. The molecule has 2 rings (SSSR count). The van der Waals surface area contributed by atoms with Crippen molar-refractivity contribution < 1.29 is 4.74 Å². The van der Waals surface area contributed by atoms with Gasteiger partial charge in [0.05, 0.1) is 13.2 Å². The number of hydrogen-bond donors (Lipinski definition) is 2. The van der Waals surface area contributed by atoms with Crippen LogP contribution >= 0.6 is 12.2 Å². The normalized spacial score (nSPS) is 10.4. The second-order valence-corrected chi connectivity index (χ2v) is 5.10. The molecule has 2 aromatic rings. The van der Waals surface area contributed by atoms with Gasteiger partial charge in [-0.15, -0.1) is 0 Å². The third-order valence-electron chi connectivity index (χ3n) is 2.99. The zero-order valence-electron chi connectivity index (χ0n) is 12.3. The summed E-state index contributed by atoms with van der Waals surface area (Å²) in [5, 5.41) is 11.2. The molecule has 1 aromatic heterocycles. The van der Waals surface area contributed by atoms with Gasteiger partial charge in [-0.25, -0.2) is 0 Å². The minimum Gasteiger partial charge on any atom is -0.383 e. The number of ether oxygens (including phenoxy) is 1. The van der Waals surface area contributed by atoms with Gasteiger partial charge >= 0.3 is 0 Å². The molecule has 0 saturated carbocycles. The highest BCUT2D eigenvalue weighted by atomic mass is 32.1. The minimum atomic E-state index is 0.552. The first-order chi connectivity index (χ1) is 10.2. The van der Waals surface area contributed by atoms with E-state index in [4.69, 9.17) is 17.0 Å². The Morgan fingerprint density at radius 2 is 2.10 bits per heavy atom. The number of aromatic nitrogens is 2. The van der Waals surface area contributed by atoms with E-state index in [2.05, 4.69) is 27.9 Å². The predicted molar refractivity (Wildman–Crippen MR) is 88.6 cm³/mol. The molecule has 0 radical (unpaired) electrons. The Balaban J connectivity index is 1.94. The molecule has 21 heavy (non-hydrogen) atoms. The number of nitrogens with one attached hydrogen (secondary N) is 2. The van der Waals surface area contributed by atoms with E-state index in [0.29, 0.717) is 18.3 Å². The van der Waals surface area contributed by atoms with Crippen LogP contribution in [0.3, 0.4) is 0 Å². The SMILES string of the molecule is COCCNC(=S)Nc1cc(C)n(Cc2ccccc2)n1. The third kappa shape index (κ3) is 4.84. The second kappa shape index (κ2) is 7.75. The van der Waals surface area contributed by atoms with Gasteiger partial charge in [-0.05, 0) is 24.7 Å². The number of rotatable bonds is 6. The van der Waals surface area contributed by atoms with Crippen LogP contribution < -0.4 is 10.6 Å². The Morgan fingerprint density at radius 1 is 1.33 bits per heavy atom. The summed E-state index contributed by atoms with van der Waals surface area (Å²) in [6.45, 7) is 4.07. The number of nitrogens with zero attached hydrogens (tertiary/aromatic N) is 2. The molecule has 0 aliphatic heterocycles. The topological polar surface area (TPSA) is 51.1 Å². The molecule has 2 N–H and O–H groups in total. The van der Waals surface area contributed by atoms with Gasteiger partial charge in [0.15, 0.2) is 10.9 Å². The molecule has 0 saturated heterocycles. The largest absolute Gasteiger partial charge is 0.383 e. The molecule has 0 fully saturated rings. The van der Waals surface area contributed by atoms with E-state index in [1.54, 1.807) is 7.11 Å². The van der Waals surface area contributed by atoms with Crippen LogP contribution in [0, 0.1) is 6.92 Å². The fourth-order valence-corrected chi connectivity index (χ4v) is 2.12. The average Bonchev–Trinajstić information content (AvgIpc) is 2.80. The van der Waals surface area contributed by atoms with E-state index in [1.165, 1.54) is 5.56 Å². The monoisotopic (exact) mass is 304 g/mol. The standard InChI is InChI=1S/C15H20N4OS/c1-12-10-14(17-15(21)16-8-9-20-2)18-19(12)11-13-6-4-3-5-7-13/h3-7,10H,8-9,11H2,1-2H3,(H2,16,17,18,21). The summed E-state index contributed by atoms with van der Waals surface area (Å²) in [6.07, 6.45) is 0.